The van der Waals surface area contributed by atoms with Gasteiger partial charge in [-0.1, -0.05) is 18.6 Å². The maximum atomic E-state index is 16.9. The third-order valence-electron chi connectivity index (χ3n) is 8.66. The predicted octanol–water partition coefficient (Wildman–Crippen LogP) is 2.22. The Labute approximate surface area is 175 Å². The molecule has 4 aliphatic rings. The zero-order valence-electron chi connectivity index (χ0n) is 17.6. The molecule has 0 aromatic heterocycles. The fourth-order valence-electron chi connectivity index (χ4n) is 6.96. The number of carbonyl (C=O) groups excluding carboxylic acids is 3. The molecule has 0 aromatic rings. The fourth-order valence-corrected chi connectivity index (χ4v) is 6.96. The van der Waals surface area contributed by atoms with E-state index in [0.717, 1.165) is 0 Å². The average molecular weight is 420 g/mol. The molecule has 3 fully saturated rings. The number of allylic oxidation sites excluding steroid dienone is 4. The van der Waals surface area contributed by atoms with Gasteiger partial charge in [-0.15, -0.1) is 0 Å². The van der Waals surface area contributed by atoms with Gasteiger partial charge in [0.25, 0.3) is 0 Å². The van der Waals surface area contributed by atoms with Gasteiger partial charge in [-0.25, -0.2) is 4.39 Å². The third kappa shape index (κ3) is 2.51. The van der Waals surface area contributed by atoms with Crippen LogP contribution in [0.25, 0.3) is 0 Å². The summed E-state index contributed by atoms with van der Waals surface area (Å²) in [5.41, 5.74) is -5.23. The second kappa shape index (κ2) is 6.57. The van der Waals surface area contributed by atoms with E-state index in [-0.39, 0.29) is 24.5 Å². The lowest BCUT2D eigenvalue weighted by Crippen LogP contribution is -2.69. The van der Waals surface area contributed by atoms with Crippen LogP contribution in [0.5, 0.6) is 0 Å². The fraction of sp³-hybridized carbons (Fsp3) is 0.696. The minimum atomic E-state index is -2.00. The number of aliphatic hydroxyl groups is 2. The molecule has 30 heavy (non-hydrogen) atoms. The highest BCUT2D eigenvalue weighted by molar-refractivity contribution is 6.01. The normalized spacial score (nSPS) is 47.1. The van der Waals surface area contributed by atoms with E-state index in [1.54, 1.807) is 19.9 Å². The average Bonchev–Trinajstić information content (AvgIpc) is 2.94. The quantitative estimate of drug-likeness (QED) is 0.679. The summed E-state index contributed by atoms with van der Waals surface area (Å²) in [5.74, 6) is -2.28. The number of carbonyl (C=O) groups is 3. The monoisotopic (exact) mass is 420 g/mol. The summed E-state index contributed by atoms with van der Waals surface area (Å²) in [4.78, 5) is 35.8. The minimum absolute atomic E-state index is 0.0857. The number of esters is 1. The maximum absolute atomic E-state index is 16.9. The van der Waals surface area contributed by atoms with E-state index in [4.69, 9.17) is 4.74 Å². The largest absolute Gasteiger partial charge is 0.458 e. The van der Waals surface area contributed by atoms with Crippen molar-refractivity contribution in [1.82, 2.24) is 0 Å². The molecule has 0 bridgehead atoms. The number of hydrogen-bond donors (Lipinski definition) is 2. The topological polar surface area (TPSA) is 101 Å². The lowest BCUT2D eigenvalue weighted by atomic mass is 9.44. The van der Waals surface area contributed by atoms with Gasteiger partial charge in [0, 0.05) is 23.7 Å². The Morgan fingerprint density at radius 1 is 1.27 bits per heavy atom. The van der Waals surface area contributed by atoms with Crippen molar-refractivity contribution in [2.75, 3.05) is 6.61 Å². The zero-order valence-corrected chi connectivity index (χ0v) is 17.6. The van der Waals surface area contributed by atoms with E-state index in [2.05, 4.69) is 0 Å². The molecule has 2 N–H and O–H groups in total. The standard InChI is InChI=1S/C23H29FO6/c1-13(25)30-12-19(28)22(29)9-7-16-17-5-4-14-10-15(26)6-8-20(14,2)23(17,24)18(27)11-21(16,22)3/h6,8,10,16-18,27,29H,4-5,7,9,11-12H2,1-3H3/t16-,17-,18?,20-,21-,22-,23?/m0/s1. The highest BCUT2D eigenvalue weighted by atomic mass is 19.1. The minimum Gasteiger partial charge on any atom is -0.458 e. The number of halogens is 1. The van der Waals surface area contributed by atoms with Crippen LogP contribution in [0.2, 0.25) is 0 Å². The molecule has 0 aliphatic heterocycles. The SMILES string of the molecule is CC(=O)OCC(=O)[C@@]1(O)CC[C@H]2[C@@H]3CCC4=CC(=O)C=C[C@]4(C)C3(F)C(O)C[C@@]21C. The first-order valence-electron chi connectivity index (χ1n) is 10.6. The molecule has 2 unspecified atom stereocenters. The molecule has 0 aromatic carbocycles. The summed E-state index contributed by atoms with van der Waals surface area (Å²) in [6, 6.07) is 0. The van der Waals surface area contributed by atoms with Gasteiger partial charge in [-0.2, -0.15) is 0 Å². The Balaban J connectivity index is 1.72. The van der Waals surface area contributed by atoms with Crippen LogP contribution in [0, 0.1) is 22.7 Å². The number of fused-ring (bicyclic) bond motifs is 5. The number of Topliss-reactive ketones (excluding diaryl/α,β-unsaturated/α-hetero) is 1. The van der Waals surface area contributed by atoms with Crippen molar-refractivity contribution in [1.29, 1.82) is 0 Å². The Bertz CT molecular complexity index is 879. The van der Waals surface area contributed by atoms with Crippen LogP contribution in [0.15, 0.2) is 23.8 Å². The van der Waals surface area contributed by atoms with Gasteiger partial charge < -0.3 is 14.9 Å². The molecular formula is C23H29FO6. The first-order valence-corrected chi connectivity index (χ1v) is 10.6. The first-order chi connectivity index (χ1) is 13.9. The number of aliphatic hydroxyl groups excluding tert-OH is 1. The maximum Gasteiger partial charge on any atom is 0.303 e. The lowest BCUT2D eigenvalue weighted by molar-refractivity contribution is -0.217. The van der Waals surface area contributed by atoms with Crippen molar-refractivity contribution in [3.63, 3.8) is 0 Å². The molecule has 7 atom stereocenters. The van der Waals surface area contributed by atoms with Gasteiger partial charge in [0.2, 0.25) is 5.78 Å². The zero-order chi connectivity index (χ0) is 22.1. The van der Waals surface area contributed by atoms with E-state index in [0.29, 0.717) is 24.8 Å². The number of hydrogen-bond acceptors (Lipinski definition) is 6. The van der Waals surface area contributed by atoms with Crippen molar-refractivity contribution < 1.29 is 33.7 Å². The summed E-state index contributed by atoms with van der Waals surface area (Å²) in [6.07, 6.45) is 4.47. The summed E-state index contributed by atoms with van der Waals surface area (Å²) in [7, 11) is 0. The third-order valence-corrected chi connectivity index (χ3v) is 8.66. The second-order valence-electron chi connectivity index (χ2n) is 9.87. The number of rotatable bonds is 3. The lowest BCUT2D eigenvalue weighted by Gasteiger charge is -2.62. The number of alkyl halides is 1. The number of ketones is 2. The first kappa shape index (κ1) is 21.4. The van der Waals surface area contributed by atoms with Gasteiger partial charge in [0.1, 0.15) is 5.60 Å². The predicted molar refractivity (Wildman–Crippen MR) is 105 cm³/mol. The van der Waals surface area contributed by atoms with Crippen LogP contribution in [0.3, 0.4) is 0 Å². The van der Waals surface area contributed by atoms with Crippen LogP contribution in [-0.2, 0) is 19.1 Å². The molecule has 3 saturated carbocycles. The van der Waals surface area contributed by atoms with Crippen LogP contribution in [0.1, 0.15) is 52.9 Å². The van der Waals surface area contributed by atoms with Crippen LogP contribution < -0.4 is 0 Å². The molecule has 7 heteroatoms. The molecule has 0 spiro atoms. The van der Waals surface area contributed by atoms with Crippen molar-refractivity contribution in [2.45, 2.75) is 70.2 Å². The van der Waals surface area contributed by atoms with E-state index in [1.165, 1.54) is 19.1 Å². The van der Waals surface area contributed by atoms with E-state index in [9.17, 15) is 24.6 Å². The molecule has 0 saturated heterocycles. The molecule has 6 nitrogen and oxygen atoms in total. The second-order valence-corrected chi connectivity index (χ2v) is 9.87. The Morgan fingerprint density at radius 3 is 2.63 bits per heavy atom. The molecule has 0 heterocycles. The molecule has 0 amide bonds. The Kier molecular flexibility index (Phi) is 4.68. The van der Waals surface area contributed by atoms with Crippen LogP contribution in [-0.4, -0.2) is 51.7 Å². The smallest absolute Gasteiger partial charge is 0.303 e. The van der Waals surface area contributed by atoms with Crippen LogP contribution in [0.4, 0.5) is 4.39 Å². The molecule has 164 valence electrons. The highest BCUT2D eigenvalue weighted by Crippen LogP contribution is 2.69. The van der Waals surface area contributed by atoms with E-state index >= 15 is 4.39 Å². The summed E-state index contributed by atoms with van der Waals surface area (Å²) >= 11 is 0. The van der Waals surface area contributed by atoms with Gasteiger partial charge in [-0.3, -0.25) is 14.4 Å². The summed E-state index contributed by atoms with van der Waals surface area (Å²) < 4.78 is 21.7. The molecule has 4 rings (SSSR count). The Morgan fingerprint density at radius 2 is 1.97 bits per heavy atom. The van der Waals surface area contributed by atoms with E-state index in [1.807, 2.05) is 0 Å². The van der Waals surface area contributed by atoms with Crippen molar-refractivity contribution in [2.24, 2.45) is 22.7 Å². The van der Waals surface area contributed by atoms with Crippen molar-refractivity contribution in [3.8, 4) is 0 Å². The summed E-state index contributed by atoms with van der Waals surface area (Å²) in [5, 5.41) is 22.6. The van der Waals surface area contributed by atoms with Gasteiger partial charge in [0.05, 0.1) is 6.10 Å². The van der Waals surface area contributed by atoms with Gasteiger partial charge in [0.15, 0.2) is 18.1 Å². The van der Waals surface area contributed by atoms with Crippen molar-refractivity contribution in [3.05, 3.63) is 23.8 Å². The highest BCUT2D eigenvalue weighted by Gasteiger charge is 2.74. The van der Waals surface area contributed by atoms with Gasteiger partial charge >= 0.3 is 5.97 Å². The Hall–Kier alpha value is -1.86. The molecular weight excluding hydrogens is 391 g/mol. The molecule has 4 aliphatic carbocycles. The number of ether oxygens (including phenoxy) is 1. The van der Waals surface area contributed by atoms with E-state index < -0.39 is 52.5 Å². The molecule has 0 radical (unpaired) electrons. The van der Waals surface area contributed by atoms with Crippen LogP contribution >= 0.6 is 0 Å². The van der Waals surface area contributed by atoms with Gasteiger partial charge in [-0.05, 0) is 57.1 Å². The summed E-state index contributed by atoms with van der Waals surface area (Å²) in [6.45, 7) is 4.12. The van der Waals surface area contributed by atoms with Crippen molar-refractivity contribution >= 4 is 17.5 Å².